The molecule has 5 N–H and O–H groups in total. The number of nitrogens with two attached hydrogens (primary N) is 1. The van der Waals surface area contributed by atoms with Gasteiger partial charge in [-0.25, -0.2) is 4.79 Å². The van der Waals surface area contributed by atoms with Crippen LogP contribution in [-0.2, 0) is 15.6 Å². The predicted octanol–water partition coefficient (Wildman–Crippen LogP) is 2.19. The maximum atomic E-state index is 11.0. The van der Waals surface area contributed by atoms with Crippen molar-refractivity contribution in [2.75, 3.05) is 6.54 Å². The number of carboxylic acid groups (broad SMARTS) is 2. The molecule has 1 aromatic carbocycles. The van der Waals surface area contributed by atoms with Crippen molar-refractivity contribution in [3.63, 3.8) is 0 Å². The van der Waals surface area contributed by atoms with E-state index < -0.39 is 18.2 Å². The molecule has 1 rings (SSSR count). The lowest BCUT2D eigenvalue weighted by Gasteiger charge is -2.14. The Morgan fingerprint density at radius 1 is 1.23 bits per heavy atom. The van der Waals surface area contributed by atoms with Crippen LogP contribution in [0.2, 0.25) is 0 Å². The van der Waals surface area contributed by atoms with Crippen molar-refractivity contribution < 1.29 is 24.1 Å². The van der Waals surface area contributed by atoms with Crippen molar-refractivity contribution in [3.8, 4) is 0 Å². The molecule has 0 spiro atoms. The number of hydrogen-bond acceptors (Lipinski definition) is 5. The van der Waals surface area contributed by atoms with Crippen LogP contribution in [0.4, 0.5) is 4.79 Å². The Labute approximate surface area is 134 Å². The molecule has 8 heteroatoms. The van der Waals surface area contributed by atoms with Crippen molar-refractivity contribution in [1.82, 2.24) is 5.32 Å². The quantitative estimate of drug-likeness (QED) is 0.538. The number of halogens is 1. The summed E-state index contributed by atoms with van der Waals surface area (Å²) in [5, 5.41) is 19.5. The Kier molecular flexibility index (Phi) is 11.8. The first-order valence-corrected chi connectivity index (χ1v) is 7.03. The number of benzene rings is 1. The van der Waals surface area contributed by atoms with Crippen molar-refractivity contribution in [2.45, 2.75) is 31.8 Å². The van der Waals surface area contributed by atoms with E-state index in [2.05, 4.69) is 21.5 Å². The first-order chi connectivity index (χ1) is 10.5. The van der Waals surface area contributed by atoms with Gasteiger partial charge in [-0.2, -0.15) is 0 Å². The van der Waals surface area contributed by atoms with Gasteiger partial charge in [-0.15, -0.1) is 0 Å². The number of carbonyl (C=O) groups is 2. The third-order valence-corrected chi connectivity index (χ3v) is 2.84. The summed E-state index contributed by atoms with van der Waals surface area (Å²) in [5.41, 5.74) is 6.48. The average molecular weight is 333 g/mol. The van der Waals surface area contributed by atoms with Gasteiger partial charge in [0.25, 0.3) is 0 Å². The van der Waals surface area contributed by atoms with Crippen LogP contribution in [0.15, 0.2) is 30.3 Å². The molecule has 0 aliphatic carbocycles. The first kappa shape index (κ1) is 20.2. The zero-order valence-electron chi connectivity index (χ0n) is 12.1. The number of aliphatic carboxylic acids is 1. The second-order valence-electron chi connectivity index (χ2n) is 4.38. The van der Waals surface area contributed by atoms with Crippen LogP contribution >= 0.6 is 11.9 Å². The van der Waals surface area contributed by atoms with Crippen LogP contribution in [0.1, 0.15) is 24.8 Å². The Hall–Kier alpha value is -1.83. The highest BCUT2D eigenvalue weighted by Gasteiger charge is 2.15. The molecule has 0 heterocycles. The van der Waals surface area contributed by atoms with E-state index in [1.54, 1.807) is 0 Å². The van der Waals surface area contributed by atoms with Gasteiger partial charge in [0.1, 0.15) is 17.9 Å². The molecule has 0 radical (unpaired) electrons. The fourth-order valence-electron chi connectivity index (χ4n) is 1.64. The zero-order valence-corrected chi connectivity index (χ0v) is 12.8. The fourth-order valence-corrected chi connectivity index (χ4v) is 1.64. The molecule has 0 amide bonds. The Balaban J connectivity index is 0.000000763. The normalized spacial score (nSPS) is 11.0. The second kappa shape index (κ2) is 12.9. The summed E-state index contributed by atoms with van der Waals surface area (Å²) in [7, 11) is 0. The van der Waals surface area contributed by atoms with Crippen LogP contribution < -0.4 is 11.1 Å². The number of carboxylic acids is 1. The average Bonchev–Trinajstić information content (AvgIpc) is 2.52. The van der Waals surface area contributed by atoms with Gasteiger partial charge < -0.3 is 25.6 Å². The highest BCUT2D eigenvalue weighted by molar-refractivity contribution is 6.12. The van der Waals surface area contributed by atoms with Gasteiger partial charge in [0.2, 0.25) is 0 Å². The van der Waals surface area contributed by atoms with Crippen molar-refractivity contribution in [1.29, 1.82) is 0 Å². The maximum absolute atomic E-state index is 11.0. The standard InChI is InChI=1S/C13H20N2O2.CHClO3/c14-9-5-4-8-12(13(16)17)15-10-11-6-2-1-3-7-11;2-5-1(3)4/h1-3,6-7,12,15H,4-5,8-10,14H2,(H,16,17);(H,3,4). The van der Waals surface area contributed by atoms with Crippen molar-refractivity contribution in [2.24, 2.45) is 5.73 Å². The molecule has 124 valence electrons. The molecule has 1 atom stereocenters. The molecule has 0 aromatic heterocycles. The molecule has 0 aliphatic rings. The molecule has 7 nitrogen and oxygen atoms in total. The van der Waals surface area contributed by atoms with Crippen molar-refractivity contribution in [3.05, 3.63) is 35.9 Å². The molecule has 1 unspecified atom stereocenters. The van der Waals surface area contributed by atoms with E-state index in [-0.39, 0.29) is 0 Å². The van der Waals surface area contributed by atoms with E-state index in [1.807, 2.05) is 30.3 Å². The molecule has 0 bridgehead atoms. The molecule has 0 aliphatic heterocycles. The zero-order chi connectivity index (χ0) is 16.8. The topological polar surface area (TPSA) is 122 Å². The van der Waals surface area contributed by atoms with E-state index >= 15 is 0 Å². The molecular formula is C14H21ClN2O5. The number of unbranched alkanes of at least 4 members (excludes halogenated alkanes) is 1. The van der Waals surface area contributed by atoms with Crippen LogP contribution in [0.5, 0.6) is 0 Å². The first-order valence-electron chi connectivity index (χ1n) is 6.73. The molecular weight excluding hydrogens is 312 g/mol. The Morgan fingerprint density at radius 2 is 1.82 bits per heavy atom. The third kappa shape index (κ3) is 10.9. The monoisotopic (exact) mass is 332 g/mol. The van der Waals surface area contributed by atoms with Crippen LogP contribution in [0.3, 0.4) is 0 Å². The number of rotatable bonds is 8. The highest BCUT2D eigenvalue weighted by atomic mass is 35.5. The van der Waals surface area contributed by atoms with Gasteiger partial charge >= 0.3 is 12.1 Å². The second-order valence-corrected chi connectivity index (χ2v) is 4.54. The summed E-state index contributed by atoms with van der Waals surface area (Å²) in [6.07, 6.45) is 0.859. The Morgan fingerprint density at radius 3 is 2.27 bits per heavy atom. The lowest BCUT2D eigenvalue weighted by molar-refractivity contribution is -0.139. The van der Waals surface area contributed by atoms with Crippen LogP contribution in [-0.4, -0.2) is 34.9 Å². The lowest BCUT2D eigenvalue weighted by Crippen LogP contribution is -2.36. The van der Waals surface area contributed by atoms with E-state index in [1.165, 1.54) is 0 Å². The number of nitrogens with one attached hydrogen (secondary N) is 1. The van der Waals surface area contributed by atoms with Gasteiger partial charge in [-0.3, -0.25) is 4.79 Å². The van der Waals surface area contributed by atoms with E-state index in [0.29, 0.717) is 19.5 Å². The minimum absolute atomic E-state index is 0.484. The molecule has 0 saturated carbocycles. The maximum Gasteiger partial charge on any atom is 0.524 e. The van der Waals surface area contributed by atoms with Gasteiger partial charge in [0.05, 0.1) is 0 Å². The van der Waals surface area contributed by atoms with Gasteiger partial charge in [-0.05, 0) is 24.9 Å². The van der Waals surface area contributed by atoms with Gasteiger partial charge in [0, 0.05) is 6.54 Å². The minimum Gasteiger partial charge on any atom is -0.480 e. The number of hydrogen-bond donors (Lipinski definition) is 4. The van der Waals surface area contributed by atoms with E-state index in [0.717, 1.165) is 18.4 Å². The smallest absolute Gasteiger partial charge is 0.480 e. The largest absolute Gasteiger partial charge is 0.524 e. The third-order valence-electron chi connectivity index (χ3n) is 2.71. The summed E-state index contributed by atoms with van der Waals surface area (Å²) in [5.74, 6) is -0.794. The molecule has 0 saturated heterocycles. The van der Waals surface area contributed by atoms with Gasteiger partial charge in [0.15, 0.2) is 0 Å². The molecule has 22 heavy (non-hydrogen) atoms. The summed E-state index contributed by atoms with van der Waals surface area (Å²) in [6, 6.07) is 9.31. The summed E-state index contributed by atoms with van der Waals surface area (Å²) >= 11 is 4.24. The molecule has 1 aromatic rings. The fraction of sp³-hybridized carbons (Fsp3) is 0.429. The lowest BCUT2D eigenvalue weighted by atomic mass is 10.1. The van der Waals surface area contributed by atoms with E-state index in [4.69, 9.17) is 20.7 Å². The van der Waals surface area contributed by atoms with Crippen LogP contribution in [0.25, 0.3) is 0 Å². The van der Waals surface area contributed by atoms with Crippen molar-refractivity contribution >= 4 is 24.0 Å². The minimum atomic E-state index is -1.48. The van der Waals surface area contributed by atoms with E-state index in [9.17, 15) is 4.79 Å². The summed E-state index contributed by atoms with van der Waals surface area (Å²) in [6.45, 7) is 1.20. The SMILES string of the molecule is NCCCCC(NCc1ccccc1)C(=O)O.O=C(O)OCl. The van der Waals surface area contributed by atoms with Crippen LogP contribution in [0, 0.1) is 0 Å². The van der Waals surface area contributed by atoms with Gasteiger partial charge in [-0.1, -0.05) is 36.8 Å². The summed E-state index contributed by atoms with van der Waals surface area (Å²) < 4.78 is 3.14. The predicted molar refractivity (Wildman–Crippen MR) is 82.6 cm³/mol. The highest BCUT2D eigenvalue weighted by Crippen LogP contribution is 2.03. The molecule has 0 fully saturated rings. The Bertz CT molecular complexity index is 431. The summed E-state index contributed by atoms with van der Waals surface area (Å²) in [4.78, 5) is 20.0.